The molecule has 1 aromatic carbocycles. The number of ether oxygens (including phenoxy) is 2. The van der Waals surface area contributed by atoms with E-state index in [4.69, 9.17) is 13.9 Å². The Bertz CT molecular complexity index is 589. The zero-order chi connectivity index (χ0) is 20.8. The summed E-state index contributed by atoms with van der Waals surface area (Å²) in [7, 11) is -0.355. The van der Waals surface area contributed by atoms with Crippen LogP contribution in [0.1, 0.15) is 40.2 Å². The van der Waals surface area contributed by atoms with Crippen molar-refractivity contribution in [2.24, 2.45) is 5.92 Å². The van der Waals surface area contributed by atoms with Gasteiger partial charge in [-0.3, -0.25) is 0 Å². The van der Waals surface area contributed by atoms with Crippen LogP contribution in [0.5, 0.6) is 5.75 Å². The molecule has 0 aliphatic heterocycles. The Kier molecular flexibility index (Phi) is 8.74. The Hall–Kier alpha value is -1.14. The Labute approximate surface area is 166 Å². The van der Waals surface area contributed by atoms with Crippen LogP contribution in [0.25, 0.3) is 0 Å². The Morgan fingerprint density at radius 3 is 2.19 bits per heavy atom. The van der Waals surface area contributed by atoms with Crippen LogP contribution in [0.15, 0.2) is 36.4 Å². The van der Waals surface area contributed by atoms with Crippen molar-refractivity contribution in [3.05, 3.63) is 42.0 Å². The molecule has 0 aliphatic carbocycles. The van der Waals surface area contributed by atoms with Crippen molar-refractivity contribution in [3.8, 4) is 5.75 Å². The fraction of sp³-hybridized carbons (Fsp3) is 0.636. The molecule has 0 saturated carbocycles. The molecular weight excluding hydrogens is 356 g/mol. The summed E-state index contributed by atoms with van der Waals surface area (Å²) in [6.07, 6.45) is -1.02. The number of aliphatic hydroxyl groups excluding tert-OH is 1. The third-order valence-electron chi connectivity index (χ3n) is 5.42. The molecule has 0 amide bonds. The Balaban J connectivity index is 2.64. The van der Waals surface area contributed by atoms with Crippen LogP contribution in [0.2, 0.25) is 18.1 Å². The number of hydrogen-bond acceptors (Lipinski definition) is 4. The second kappa shape index (κ2) is 9.87. The van der Waals surface area contributed by atoms with E-state index in [2.05, 4.69) is 40.4 Å². The zero-order valence-electron chi connectivity index (χ0n) is 18.3. The first kappa shape index (κ1) is 23.9. The first-order valence-electron chi connectivity index (χ1n) is 9.61. The van der Waals surface area contributed by atoms with Gasteiger partial charge in [-0.05, 0) is 42.8 Å². The first-order valence-corrected chi connectivity index (χ1v) is 12.5. The molecule has 0 bridgehead atoms. The lowest BCUT2D eigenvalue weighted by molar-refractivity contribution is -0.0226. The number of rotatable bonds is 10. The number of aliphatic hydroxyl groups is 1. The second-order valence-corrected chi connectivity index (χ2v) is 13.7. The molecule has 0 radical (unpaired) electrons. The molecule has 0 heterocycles. The van der Waals surface area contributed by atoms with Crippen LogP contribution in [0.4, 0.5) is 0 Å². The summed E-state index contributed by atoms with van der Waals surface area (Å²) in [6, 6.07) is 7.80. The highest BCUT2D eigenvalue weighted by Crippen LogP contribution is 2.38. The summed E-state index contributed by atoms with van der Waals surface area (Å²) < 4.78 is 17.4. The van der Waals surface area contributed by atoms with Gasteiger partial charge in [-0.15, -0.1) is 0 Å². The molecule has 0 fully saturated rings. The van der Waals surface area contributed by atoms with Gasteiger partial charge in [-0.1, -0.05) is 52.0 Å². The third-order valence-corrected chi connectivity index (χ3v) is 9.87. The van der Waals surface area contributed by atoms with Crippen molar-refractivity contribution in [2.75, 3.05) is 13.7 Å². The predicted molar refractivity (Wildman–Crippen MR) is 115 cm³/mol. The molecule has 154 valence electrons. The average Bonchev–Trinajstić information content (AvgIpc) is 2.58. The lowest BCUT2D eigenvalue weighted by Crippen LogP contribution is -2.49. The highest BCUT2D eigenvalue weighted by molar-refractivity contribution is 6.74. The lowest BCUT2D eigenvalue weighted by Gasteiger charge is -2.41. The number of hydrogen-bond donors (Lipinski definition) is 1. The van der Waals surface area contributed by atoms with Gasteiger partial charge < -0.3 is 19.0 Å². The van der Waals surface area contributed by atoms with E-state index in [0.717, 1.165) is 16.9 Å². The van der Waals surface area contributed by atoms with Crippen LogP contribution in [0, 0.1) is 5.92 Å². The van der Waals surface area contributed by atoms with E-state index < -0.39 is 14.4 Å². The van der Waals surface area contributed by atoms with E-state index in [1.165, 1.54) is 0 Å². The van der Waals surface area contributed by atoms with Crippen molar-refractivity contribution in [1.29, 1.82) is 0 Å². The van der Waals surface area contributed by atoms with Crippen molar-refractivity contribution < 1.29 is 19.0 Å². The van der Waals surface area contributed by atoms with Crippen LogP contribution < -0.4 is 4.74 Å². The van der Waals surface area contributed by atoms with E-state index in [0.29, 0.717) is 13.2 Å². The van der Waals surface area contributed by atoms with Gasteiger partial charge >= 0.3 is 0 Å². The van der Waals surface area contributed by atoms with Gasteiger partial charge in [0.2, 0.25) is 0 Å². The van der Waals surface area contributed by atoms with Crippen molar-refractivity contribution in [3.63, 3.8) is 0 Å². The quantitative estimate of drug-likeness (QED) is 0.439. The summed E-state index contributed by atoms with van der Waals surface area (Å²) in [5.74, 6) is 0.768. The Morgan fingerprint density at radius 1 is 1.19 bits per heavy atom. The van der Waals surface area contributed by atoms with Crippen molar-refractivity contribution in [2.45, 2.75) is 71.6 Å². The molecule has 0 aliphatic rings. The van der Waals surface area contributed by atoms with E-state index in [1.807, 2.05) is 38.1 Å². The highest BCUT2D eigenvalue weighted by atomic mass is 28.4. The fourth-order valence-corrected chi connectivity index (χ4v) is 3.77. The average molecular weight is 395 g/mol. The molecule has 0 spiro atoms. The standard InChI is InChI=1S/C22H38O4Si/c1-16(2)21(26-27(8,9)22(4,5)6)20(23)17(3)14-25-15-18-10-12-19(24-7)13-11-18/h10-13,17,20-21,23H,1,14-15H2,2-9H3/t17-,20-,21-/m1/s1. The number of methoxy groups -OCH3 is 1. The van der Waals surface area contributed by atoms with Gasteiger partial charge in [0.15, 0.2) is 8.32 Å². The maximum Gasteiger partial charge on any atom is 0.193 e. The van der Waals surface area contributed by atoms with Gasteiger partial charge in [0, 0.05) is 5.92 Å². The molecule has 0 saturated heterocycles. The van der Waals surface area contributed by atoms with E-state index in [1.54, 1.807) is 7.11 Å². The summed E-state index contributed by atoms with van der Waals surface area (Å²) in [5, 5.41) is 11.0. The Morgan fingerprint density at radius 2 is 1.74 bits per heavy atom. The first-order chi connectivity index (χ1) is 12.4. The number of benzene rings is 1. The largest absolute Gasteiger partial charge is 0.497 e. The van der Waals surface area contributed by atoms with Gasteiger partial charge in [0.05, 0.1) is 32.5 Å². The van der Waals surface area contributed by atoms with Gasteiger partial charge in [-0.2, -0.15) is 0 Å². The molecule has 1 aromatic rings. The minimum Gasteiger partial charge on any atom is -0.497 e. The maximum atomic E-state index is 10.9. The monoisotopic (exact) mass is 394 g/mol. The minimum atomic E-state index is -2.01. The molecule has 27 heavy (non-hydrogen) atoms. The van der Waals surface area contributed by atoms with Crippen molar-refractivity contribution in [1.82, 2.24) is 0 Å². The molecule has 3 atom stereocenters. The predicted octanol–water partition coefficient (Wildman–Crippen LogP) is 5.18. The lowest BCUT2D eigenvalue weighted by atomic mass is 9.97. The summed E-state index contributed by atoms with van der Waals surface area (Å²) in [4.78, 5) is 0. The third kappa shape index (κ3) is 7.07. The molecule has 4 nitrogen and oxygen atoms in total. The summed E-state index contributed by atoms with van der Waals surface area (Å²) in [5.41, 5.74) is 1.93. The molecule has 0 unspecified atom stereocenters. The van der Waals surface area contributed by atoms with E-state index in [9.17, 15) is 5.11 Å². The molecule has 5 heteroatoms. The van der Waals surface area contributed by atoms with Crippen molar-refractivity contribution >= 4 is 8.32 Å². The van der Waals surface area contributed by atoms with Crippen LogP contribution in [-0.4, -0.2) is 39.3 Å². The van der Waals surface area contributed by atoms with Gasteiger partial charge in [-0.25, -0.2) is 0 Å². The van der Waals surface area contributed by atoms with E-state index >= 15 is 0 Å². The minimum absolute atomic E-state index is 0.0604. The summed E-state index contributed by atoms with van der Waals surface area (Å²) >= 11 is 0. The maximum absolute atomic E-state index is 10.9. The van der Waals surface area contributed by atoms with Gasteiger partial charge in [0.1, 0.15) is 5.75 Å². The van der Waals surface area contributed by atoms with E-state index in [-0.39, 0.29) is 17.1 Å². The molecule has 0 aromatic heterocycles. The topological polar surface area (TPSA) is 47.9 Å². The van der Waals surface area contributed by atoms with Crippen LogP contribution in [-0.2, 0) is 15.8 Å². The molecule has 1 rings (SSSR count). The summed E-state index contributed by atoms with van der Waals surface area (Å²) in [6.45, 7) is 19.9. The molecular formula is C22H38O4Si. The van der Waals surface area contributed by atoms with Gasteiger partial charge in [0.25, 0.3) is 0 Å². The zero-order valence-corrected chi connectivity index (χ0v) is 19.3. The normalized spacial score (nSPS) is 15.9. The van der Waals surface area contributed by atoms with Crippen LogP contribution >= 0.6 is 0 Å². The van der Waals surface area contributed by atoms with Crippen LogP contribution in [0.3, 0.4) is 0 Å². The highest BCUT2D eigenvalue weighted by Gasteiger charge is 2.41. The second-order valence-electron chi connectivity index (χ2n) is 8.98. The molecule has 1 N–H and O–H groups in total. The smallest absolute Gasteiger partial charge is 0.193 e. The fourth-order valence-electron chi connectivity index (χ4n) is 2.44. The SMILES string of the molecule is C=C(C)[C@@H](O[Si](C)(C)C(C)(C)C)[C@H](O)[C@H](C)COCc1ccc(OC)cc1.